The number of thiazole rings is 1. The highest BCUT2D eigenvalue weighted by molar-refractivity contribution is 7.07. The Hall–Kier alpha value is -3.45. The molecule has 0 fully saturated rings. The maximum atomic E-state index is 13.9. The van der Waals surface area contributed by atoms with Gasteiger partial charge in [-0.05, 0) is 50.0 Å². The van der Waals surface area contributed by atoms with E-state index in [0.717, 1.165) is 11.1 Å². The smallest absolute Gasteiger partial charge is 0.271 e. The molecule has 36 heavy (non-hydrogen) atoms. The van der Waals surface area contributed by atoms with Gasteiger partial charge in [-0.3, -0.25) is 14.2 Å². The van der Waals surface area contributed by atoms with Crippen LogP contribution in [0.4, 0.5) is 0 Å². The summed E-state index contributed by atoms with van der Waals surface area (Å²) in [6, 6.07) is 15.2. The van der Waals surface area contributed by atoms with Crippen LogP contribution in [0.25, 0.3) is 6.08 Å². The van der Waals surface area contributed by atoms with Crippen molar-refractivity contribution in [3.63, 3.8) is 0 Å². The largest absolute Gasteiger partial charge is 0.496 e. The number of likely N-dealkylation sites (N-methyl/N-ethyl adjacent to an activating group) is 1. The summed E-state index contributed by atoms with van der Waals surface area (Å²) in [7, 11) is 1.60. The molecule has 0 aliphatic carbocycles. The molecule has 7 heteroatoms. The lowest BCUT2D eigenvalue weighted by atomic mass is 9.94. The van der Waals surface area contributed by atoms with Crippen molar-refractivity contribution >= 4 is 23.3 Å². The number of allylic oxidation sites excluding steroid dienone is 1. The van der Waals surface area contributed by atoms with E-state index in [1.54, 1.807) is 16.6 Å². The highest BCUT2D eigenvalue weighted by atomic mass is 32.1. The molecule has 4 rings (SSSR count). The minimum absolute atomic E-state index is 0.115. The minimum atomic E-state index is -0.629. The number of methoxy groups -OCH3 is 1. The summed E-state index contributed by atoms with van der Waals surface area (Å²) in [5.74, 6) is 0.951. The van der Waals surface area contributed by atoms with Crippen molar-refractivity contribution in [1.29, 1.82) is 0 Å². The number of nitrogens with zero attached hydrogens (tertiary/aromatic N) is 3. The van der Waals surface area contributed by atoms with Crippen LogP contribution >= 0.6 is 11.3 Å². The number of carbonyl (C=O) groups excluding carboxylic acids is 1. The Morgan fingerprint density at radius 3 is 2.42 bits per heavy atom. The molecule has 0 unspecified atom stereocenters. The molecule has 2 aromatic carbocycles. The van der Waals surface area contributed by atoms with Gasteiger partial charge in [-0.1, -0.05) is 67.6 Å². The zero-order chi connectivity index (χ0) is 26.0. The van der Waals surface area contributed by atoms with Gasteiger partial charge in [0.05, 0.1) is 22.9 Å². The van der Waals surface area contributed by atoms with Crippen LogP contribution < -0.4 is 19.6 Å². The van der Waals surface area contributed by atoms with Crippen LogP contribution in [0.3, 0.4) is 0 Å². The third-order valence-electron chi connectivity index (χ3n) is 6.64. The lowest BCUT2D eigenvalue weighted by molar-refractivity contribution is -0.127. The fourth-order valence-electron chi connectivity index (χ4n) is 4.59. The van der Waals surface area contributed by atoms with Crippen LogP contribution in [0.5, 0.6) is 5.75 Å². The number of hydrogen-bond donors (Lipinski definition) is 0. The highest BCUT2D eigenvalue weighted by Gasteiger charge is 2.35. The van der Waals surface area contributed by atoms with Gasteiger partial charge in [-0.2, -0.15) is 0 Å². The van der Waals surface area contributed by atoms with Crippen molar-refractivity contribution in [2.45, 2.75) is 46.6 Å². The second-order valence-corrected chi connectivity index (χ2v) is 10.1. The molecule has 0 radical (unpaired) electrons. The van der Waals surface area contributed by atoms with Crippen LogP contribution in [0.2, 0.25) is 0 Å². The molecule has 1 aromatic heterocycles. The predicted octanol–water partition coefficient (Wildman–Crippen LogP) is 4.24. The number of ether oxygens (including phenoxy) is 1. The average Bonchev–Trinajstić information content (AvgIpc) is 3.18. The van der Waals surface area contributed by atoms with Gasteiger partial charge in [-0.25, -0.2) is 4.99 Å². The van der Waals surface area contributed by atoms with Crippen LogP contribution in [0.1, 0.15) is 63.3 Å². The Bertz CT molecular complexity index is 1480. The lowest BCUT2D eigenvalue weighted by Crippen LogP contribution is -2.43. The van der Waals surface area contributed by atoms with Crippen molar-refractivity contribution in [2.75, 3.05) is 20.2 Å². The van der Waals surface area contributed by atoms with Crippen molar-refractivity contribution in [2.24, 2.45) is 4.99 Å². The summed E-state index contributed by atoms with van der Waals surface area (Å²) in [5, 5.41) is 0. The first-order valence-corrected chi connectivity index (χ1v) is 13.2. The summed E-state index contributed by atoms with van der Waals surface area (Å²) in [6.45, 7) is 11.2. The highest BCUT2D eigenvalue weighted by Crippen LogP contribution is 2.36. The molecule has 0 saturated carbocycles. The Balaban J connectivity index is 1.95. The van der Waals surface area contributed by atoms with E-state index in [4.69, 9.17) is 9.73 Å². The van der Waals surface area contributed by atoms with Gasteiger partial charge in [0.2, 0.25) is 0 Å². The molecule has 0 saturated heterocycles. The zero-order valence-corrected chi connectivity index (χ0v) is 22.6. The third kappa shape index (κ3) is 4.67. The first-order chi connectivity index (χ1) is 17.3. The Labute approximate surface area is 215 Å². The maximum absolute atomic E-state index is 13.9. The number of rotatable bonds is 7. The molecule has 2 heterocycles. The first kappa shape index (κ1) is 25.6. The van der Waals surface area contributed by atoms with Crippen molar-refractivity contribution in [3.05, 3.63) is 96.2 Å². The van der Waals surface area contributed by atoms with Gasteiger partial charge in [-0.15, -0.1) is 0 Å². The van der Waals surface area contributed by atoms with Gasteiger partial charge in [0, 0.05) is 18.7 Å². The number of benzene rings is 2. The molecule has 3 aromatic rings. The fraction of sp³-hybridized carbons (Fsp3) is 0.345. The predicted molar refractivity (Wildman–Crippen MR) is 145 cm³/mol. The number of fused-ring (bicyclic) bond motifs is 1. The molecule has 1 aliphatic rings. The Morgan fingerprint density at radius 2 is 1.81 bits per heavy atom. The van der Waals surface area contributed by atoms with Gasteiger partial charge in [0.1, 0.15) is 11.8 Å². The van der Waals surface area contributed by atoms with Gasteiger partial charge < -0.3 is 9.64 Å². The minimum Gasteiger partial charge on any atom is -0.496 e. The van der Waals surface area contributed by atoms with E-state index < -0.39 is 6.04 Å². The van der Waals surface area contributed by atoms with E-state index in [1.165, 1.54) is 16.9 Å². The van der Waals surface area contributed by atoms with Gasteiger partial charge >= 0.3 is 0 Å². The second-order valence-electron chi connectivity index (χ2n) is 9.12. The topological polar surface area (TPSA) is 63.9 Å². The lowest BCUT2D eigenvalue weighted by Gasteiger charge is -2.29. The molecule has 1 amide bonds. The summed E-state index contributed by atoms with van der Waals surface area (Å²) in [5.41, 5.74) is 3.92. The molecule has 1 aliphatic heterocycles. The van der Waals surface area contributed by atoms with E-state index in [9.17, 15) is 9.59 Å². The van der Waals surface area contributed by atoms with Crippen molar-refractivity contribution in [3.8, 4) is 5.75 Å². The van der Waals surface area contributed by atoms with Crippen LogP contribution in [0.15, 0.2) is 69.6 Å². The van der Waals surface area contributed by atoms with Gasteiger partial charge in [0.15, 0.2) is 4.80 Å². The SMILES string of the molecule is CCN(CC)C(=O)C1=C(C)N=c2s/c(=C/c3ccc(C(C)C)cc3)c(=O)n2[C@@H]1c1ccccc1OC. The van der Waals surface area contributed by atoms with Crippen molar-refractivity contribution < 1.29 is 9.53 Å². The fourth-order valence-corrected chi connectivity index (χ4v) is 5.64. The van der Waals surface area contributed by atoms with Crippen LogP contribution in [0, 0.1) is 0 Å². The quantitative estimate of drug-likeness (QED) is 0.485. The maximum Gasteiger partial charge on any atom is 0.271 e. The number of aromatic nitrogens is 1. The van der Waals surface area contributed by atoms with E-state index in [0.29, 0.717) is 45.4 Å². The van der Waals surface area contributed by atoms with Crippen molar-refractivity contribution in [1.82, 2.24) is 9.47 Å². The number of amides is 1. The molecular weight excluding hydrogens is 470 g/mol. The number of hydrogen-bond acceptors (Lipinski definition) is 5. The summed E-state index contributed by atoms with van der Waals surface area (Å²) in [4.78, 5) is 34.6. The summed E-state index contributed by atoms with van der Waals surface area (Å²) in [6.07, 6.45) is 1.90. The Kier molecular flexibility index (Phi) is 7.59. The Morgan fingerprint density at radius 1 is 1.14 bits per heavy atom. The molecule has 6 nitrogen and oxygen atoms in total. The average molecular weight is 504 g/mol. The number of carbonyl (C=O) groups is 1. The van der Waals surface area contributed by atoms with Gasteiger partial charge in [0.25, 0.3) is 11.5 Å². The number of para-hydroxylation sites is 1. The van der Waals surface area contributed by atoms with Crippen LogP contribution in [-0.2, 0) is 4.79 Å². The molecule has 188 valence electrons. The normalized spacial score (nSPS) is 15.6. The summed E-state index contributed by atoms with van der Waals surface area (Å²) < 4.78 is 7.90. The third-order valence-corrected chi connectivity index (χ3v) is 7.62. The first-order valence-electron chi connectivity index (χ1n) is 12.3. The van der Waals surface area contributed by atoms with E-state index in [2.05, 4.69) is 26.0 Å². The van der Waals surface area contributed by atoms with E-state index in [-0.39, 0.29) is 11.5 Å². The summed E-state index contributed by atoms with van der Waals surface area (Å²) >= 11 is 1.34. The van der Waals surface area contributed by atoms with E-state index >= 15 is 0 Å². The zero-order valence-electron chi connectivity index (χ0n) is 21.7. The molecular formula is C29H33N3O3S. The molecule has 1 atom stereocenters. The van der Waals surface area contributed by atoms with Crippen LogP contribution in [-0.4, -0.2) is 35.6 Å². The standard InChI is InChI=1S/C29H33N3O3S/c1-7-31(8-2)28(34)25-19(5)30-29-32(26(25)22-11-9-10-12-23(22)35-6)27(33)24(36-29)17-20-13-15-21(16-14-20)18(3)4/h9-18,26H,7-8H2,1-6H3/b24-17+/t26-/m1/s1. The molecule has 0 N–H and O–H groups in total. The van der Waals surface area contributed by atoms with E-state index in [1.807, 2.05) is 63.2 Å². The second kappa shape index (κ2) is 10.7. The molecule has 0 bridgehead atoms. The molecule has 0 spiro atoms. The monoisotopic (exact) mass is 503 g/mol.